The van der Waals surface area contributed by atoms with E-state index in [1.807, 2.05) is 20.8 Å². The van der Waals surface area contributed by atoms with Crippen LogP contribution in [0, 0.1) is 5.41 Å². The number of carbonyl (C=O) groups excluding carboxylic acids is 1. The molecule has 1 spiro atoms. The fourth-order valence-electron chi connectivity index (χ4n) is 2.60. The van der Waals surface area contributed by atoms with Gasteiger partial charge in [0.05, 0.1) is 12.7 Å². The van der Waals surface area contributed by atoms with Gasteiger partial charge in [0, 0.05) is 6.54 Å². The first-order valence-electron chi connectivity index (χ1n) is 6.46. The molecule has 5 heteroatoms. The quantitative estimate of drug-likeness (QED) is 0.606. The van der Waals surface area contributed by atoms with Crippen LogP contribution in [0.1, 0.15) is 40.0 Å². The molecule has 2 atom stereocenters. The Bertz CT molecular complexity index is 332. The zero-order chi connectivity index (χ0) is 13.6. The van der Waals surface area contributed by atoms with Gasteiger partial charge in [-0.1, -0.05) is 0 Å². The summed E-state index contributed by atoms with van der Waals surface area (Å²) in [6.07, 6.45) is 1.97. The highest BCUT2D eigenvalue weighted by atomic mass is 16.6. The van der Waals surface area contributed by atoms with E-state index in [2.05, 4.69) is 0 Å². The number of likely N-dealkylation sites (tertiary alicyclic amines) is 1. The van der Waals surface area contributed by atoms with E-state index in [-0.39, 0.29) is 17.4 Å². The van der Waals surface area contributed by atoms with Gasteiger partial charge < -0.3 is 14.6 Å². The Morgan fingerprint density at radius 3 is 2.50 bits per heavy atom. The SMILES string of the molecule is COC(=O)C1CC2(CC2)CN1C(O)OC(C)(C)C. The highest BCUT2D eigenvalue weighted by Crippen LogP contribution is 2.55. The van der Waals surface area contributed by atoms with Crippen LogP contribution in [0.5, 0.6) is 0 Å². The van der Waals surface area contributed by atoms with Crippen molar-refractivity contribution in [2.75, 3.05) is 13.7 Å². The van der Waals surface area contributed by atoms with Crippen molar-refractivity contribution in [1.29, 1.82) is 0 Å². The maximum Gasteiger partial charge on any atom is 0.323 e. The molecular formula is C13H23NO4. The number of aliphatic hydroxyl groups excluding tert-OH is 1. The number of rotatable bonds is 3. The zero-order valence-electron chi connectivity index (χ0n) is 11.6. The molecule has 2 unspecified atom stereocenters. The number of aliphatic hydroxyl groups is 1. The predicted molar refractivity (Wildman–Crippen MR) is 65.6 cm³/mol. The van der Waals surface area contributed by atoms with E-state index < -0.39 is 12.0 Å². The summed E-state index contributed by atoms with van der Waals surface area (Å²) < 4.78 is 10.4. The first-order valence-corrected chi connectivity index (χ1v) is 6.46. The summed E-state index contributed by atoms with van der Waals surface area (Å²) in [5.41, 5.74) is -0.236. The minimum Gasteiger partial charge on any atom is -0.468 e. The van der Waals surface area contributed by atoms with Crippen LogP contribution in [0.4, 0.5) is 0 Å². The molecule has 0 aromatic rings. The van der Waals surface area contributed by atoms with Crippen LogP contribution in [-0.2, 0) is 14.3 Å². The van der Waals surface area contributed by atoms with Gasteiger partial charge in [0.15, 0.2) is 0 Å². The summed E-state index contributed by atoms with van der Waals surface area (Å²) in [6, 6.07) is -0.380. The number of esters is 1. The zero-order valence-corrected chi connectivity index (χ0v) is 11.6. The second-order valence-corrected chi connectivity index (χ2v) is 6.47. The van der Waals surface area contributed by atoms with Crippen molar-refractivity contribution in [3.8, 4) is 0 Å². The van der Waals surface area contributed by atoms with Gasteiger partial charge in [-0.15, -0.1) is 0 Å². The third-order valence-corrected chi connectivity index (χ3v) is 3.72. The first kappa shape index (κ1) is 13.8. The maximum atomic E-state index is 11.8. The molecule has 1 aliphatic heterocycles. The number of hydrogen-bond acceptors (Lipinski definition) is 5. The van der Waals surface area contributed by atoms with E-state index in [0.29, 0.717) is 6.54 Å². The van der Waals surface area contributed by atoms with Crippen LogP contribution in [-0.4, -0.2) is 47.7 Å². The number of methoxy groups -OCH3 is 1. The second kappa shape index (κ2) is 4.47. The summed E-state index contributed by atoms with van der Waals surface area (Å²) >= 11 is 0. The molecule has 0 aromatic heterocycles. The van der Waals surface area contributed by atoms with Gasteiger partial charge >= 0.3 is 5.97 Å². The highest BCUT2D eigenvalue weighted by Gasteiger charge is 2.56. The van der Waals surface area contributed by atoms with Gasteiger partial charge in [0.25, 0.3) is 0 Å². The average Bonchev–Trinajstić information content (AvgIpc) is 2.86. The molecule has 104 valence electrons. The summed E-state index contributed by atoms with van der Waals surface area (Å²) in [4.78, 5) is 13.5. The molecular weight excluding hydrogens is 234 g/mol. The Morgan fingerprint density at radius 2 is 2.06 bits per heavy atom. The summed E-state index contributed by atoms with van der Waals surface area (Å²) in [5, 5.41) is 10.2. The Kier molecular flexibility index (Phi) is 3.42. The van der Waals surface area contributed by atoms with Crippen molar-refractivity contribution in [1.82, 2.24) is 4.90 Å². The van der Waals surface area contributed by atoms with Crippen LogP contribution < -0.4 is 0 Å². The summed E-state index contributed by atoms with van der Waals surface area (Å²) in [7, 11) is 1.38. The minimum atomic E-state index is -1.05. The number of hydrogen-bond donors (Lipinski definition) is 1. The molecule has 1 saturated carbocycles. The van der Waals surface area contributed by atoms with E-state index in [0.717, 1.165) is 19.3 Å². The molecule has 0 radical (unpaired) electrons. The minimum absolute atomic E-state index is 0.209. The largest absolute Gasteiger partial charge is 0.468 e. The van der Waals surface area contributed by atoms with Crippen molar-refractivity contribution in [3.05, 3.63) is 0 Å². The highest BCUT2D eigenvalue weighted by molar-refractivity contribution is 5.76. The normalized spacial score (nSPS) is 28.4. The van der Waals surface area contributed by atoms with E-state index in [4.69, 9.17) is 9.47 Å². The van der Waals surface area contributed by atoms with Crippen molar-refractivity contribution in [2.45, 2.75) is 58.1 Å². The van der Waals surface area contributed by atoms with Crippen LogP contribution >= 0.6 is 0 Å². The van der Waals surface area contributed by atoms with Gasteiger partial charge in [0.1, 0.15) is 6.04 Å². The fourth-order valence-corrected chi connectivity index (χ4v) is 2.60. The van der Waals surface area contributed by atoms with E-state index in [9.17, 15) is 9.90 Å². The molecule has 1 N–H and O–H groups in total. The lowest BCUT2D eigenvalue weighted by Gasteiger charge is -2.32. The third kappa shape index (κ3) is 2.84. The summed E-state index contributed by atoms with van der Waals surface area (Å²) in [6.45, 7) is 6.36. The summed E-state index contributed by atoms with van der Waals surface area (Å²) in [5.74, 6) is -0.282. The average molecular weight is 257 g/mol. The topological polar surface area (TPSA) is 59.0 Å². The Balaban J connectivity index is 2.06. The Labute approximate surface area is 108 Å². The maximum absolute atomic E-state index is 11.8. The molecule has 1 heterocycles. The van der Waals surface area contributed by atoms with Gasteiger partial charge in [-0.05, 0) is 45.4 Å². The molecule has 2 rings (SSSR count). The van der Waals surface area contributed by atoms with Crippen molar-refractivity contribution in [3.63, 3.8) is 0 Å². The lowest BCUT2D eigenvalue weighted by molar-refractivity contribution is -0.244. The van der Waals surface area contributed by atoms with E-state index >= 15 is 0 Å². The molecule has 18 heavy (non-hydrogen) atoms. The second-order valence-electron chi connectivity index (χ2n) is 6.47. The lowest BCUT2D eigenvalue weighted by Crippen LogP contribution is -2.47. The standard InChI is InChI=1S/C13H23NO4/c1-12(2,3)18-11(16)14-8-13(5-6-13)7-9(14)10(15)17-4/h9,11,16H,5-8H2,1-4H3. The Hall–Kier alpha value is -0.650. The number of nitrogens with zero attached hydrogens (tertiary/aromatic N) is 1. The molecule has 5 nitrogen and oxygen atoms in total. The number of ether oxygens (including phenoxy) is 2. The van der Waals surface area contributed by atoms with Crippen molar-refractivity contribution < 1.29 is 19.4 Å². The molecule has 1 aliphatic carbocycles. The third-order valence-electron chi connectivity index (χ3n) is 3.72. The lowest BCUT2D eigenvalue weighted by atomic mass is 10.0. The van der Waals surface area contributed by atoms with Crippen LogP contribution in [0.2, 0.25) is 0 Å². The number of carbonyl (C=O) groups is 1. The molecule has 2 aliphatic rings. The van der Waals surface area contributed by atoms with E-state index in [1.165, 1.54) is 7.11 Å². The van der Waals surface area contributed by atoms with Gasteiger partial charge in [-0.25, -0.2) is 4.90 Å². The van der Waals surface area contributed by atoms with Gasteiger partial charge in [-0.2, -0.15) is 0 Å². The molecule has 0 amide bonds. The van der Waals surface area contributed by atoms with Crippen LogP contribution in [0.3, 0.4) is 0 Å². The monoisotopic (exact) mass is 257 g/mol. The molecule has 2 fully saturated rings. The predicted octanol–water partition coefficient (Wildman–Crippen LogP) is 1.10. The molecule has 1 saturated heterocycles. The van der Waals surface area contributed by atoms with E-state index in [1.54, 1.807) is 4.90 Å². The van der Waals surface area contributed by atoms with Crippen molar-refractivity contribution in [2.24, 2.45) is 5.41 Å². The van der Waals surface area contributed by atoms with Crippen LogP contribution in [0.25, 0.3) is 0 Å². The van der Waals surface area contributed by atoms with Crippen LogP contribution in [0.15, 0.2) is 0 Å². The fraction of sp³-hybridized carbons (Fsp3) is 0.923. The van der Waals surface area contributed by atoms with Crippen molar-refractivity contribution >= 4 is 5.97 Å². The molecule has 0 bridgehead atoms. The van der Waals surface area contributed by atoms with Gasteiger partial charge in [-0.3, -0.25) is 4.79 Å². The molecule has 0 aromatic carbocycles. The smallest absolute Gasteiger partial charge is 0.323 e. The van der Waals surface area contributed by atoms with Gasteiger partial charge in [0.2, 0.25) is 6.41 Å². The Morgan fingerprint density at radius 1 is 1.44 bits per heavy atom. The first-order chi connectivity index (χ1) is 8.26.